The van der Waals surface area contributed by atoms with E-state index in [9.17, 15) is 9.59 Å². The van der Waals surface area contributed by atoms with Gasteiger partial charge in [0.1, 0.15) is 5.54 Å². The minimum atomic E-state index is -1.27. The number of nitrogens with zero attached hydrogens (tertiary/aromatic N) is 1. The van der Waals surface area contributed by atoms with Gasteiger partial charge in [-0.3, -0.25) is 14.5 Å². The molecule has 0 radical (unpaired) electrons. The Bertz CT molecular complexity index is 582. The maximum atomic E-state index is 11.9. The smallest absolute Gasteiger partial charge is 0.325 e. The van der Waals surface area contributed by atoms with Crippen LogP contribution in [0.3, 0.4) is 0 Å². The lowest BCUT2D eigenvalue weighted by molar-refractivity contribution is -0.143. The standard InChI is InChI=1S/C13H15Cl2N3O3/c14-9-2-1-8(5-10(9)15)17-11(19)6-18-4-3-13(16,7-18)12(20)21/h1-2,5H,3-4,6-7,16H2,(H,17,19)(H,20,21). The first-order valence-electron chi connectivity index (χ1n) is 6.30. The van der Waals surface area contributed by atoms with Crippen molar-refractivity contribution >= 4 is 40.8 Å². The second kappa shape index (κ2) is 6.19. The maximum Gasteiger partial charge on any atom is 0.325 e. The Morgan fingerprint density at radius 3 is 2.67 bits per heavy atom. The summed E-state index contributed by atoms with van der Waals surface area (Å²) < 4.78 is 0. The number of aliphatic carboxylic acids is 1. The molecule has 0 spiro atoms. The van der Waals surface area contributed by atoms with Crippen molar-refractivity contribution in [3.05, 3.63) is 28.2 Å². The summed E-state index contributed by atoms with van der Waals surface area (Å²) in [5, 5.41) is 12.5. The fourth-order valence-electron chi connectivity index (χ4n) is 2.20. The molecule has 1 aliphatic rings. The Kier molecular flexibility index (Phi) is 4.73. The molecule has 1 unspecified atom stereocenters. The summed E-state index contributed by atoms with van der Waals surface area (Å²) in [6.45, 7) is 0.696. The molecule has 1 aliphatic heterocycles. The van der Waals surface area contributed by atoms with Gasteiger partial charge in [-0.15, -0.1) is 0 Å². The topological polar surface area (TPSA) is 95.7 Å². The second-order valence-corrected chi connectivity index (χ2v) is 5.91. The Morgan fingerprint density at radius 1 is 1.38 bits per heavy atom. The van der Waals surface area contributed by atoms with Crippen molar-refractivity contribution in [1.82, 2.24) is 4.90 Å². The lowest BCUT2D eigenvalue weighted by atomic mass is 10.0. The molecule has 1 aromatic rings. The van der Waals surface area contributed by atoms with Gasteiger partial charge in [-0.2, -0.15) is 0 Å². The molecule has 6 nitrogen and oxygen atoms in total. The van der Waals surface area contributed by atoms with Gasteiger partial charge in [-0.05, 0) is 24.6 Å². The molecule has 0 aliphatic carbocycles. The van der Waals surface area contributed by atoms with Crippen LogP contribution in [0.25, 0.3) is 0 Å². The third-order valence-electron chi connectivity index (χ3n) is 3.38. The molecule has 0 bridgehead atoms. The number of anilines is 1. The van der Waals surface area contributed by atoms with E-state index < -0.39 is 11.5 Å². The summed E-state index contributed by atoms with van der Waals surface area (Å²) in [5.74, 6) is -1.31. The number of hydrogen-bond donors (Lipinski definition) is 3. The third-order valence-corrected chi connectivity index (χ3v) is 4.12. The van der Waals surface area contributed by atoms with Crippen LogP contribution >= 0.6 is 23.2 Å². The highest BCUT2D eigenvalue weighted by molar-refractivity contribution is 6.42. The summed E-state index contributed by atoms with van der Waals surface area (Å²) in [4.78, 5) is 24.7. The first kappa shape index (κ1) is 16.0. The molecule has 1 amide bonds. The molecular formula is C13H15Cl2N3O3. The first-order chi connectivity index (χ1) is 9.80. The molecule has 1 heterocycles. The predicted molar refractivity (Wildman–Crippen MR) is 80.7 cm³/mol. The van der Waals surface area contributed by atoms with Crippen molar-refractivity contribution in [3.63, 3.8) is 0 Å². The van der Waals surface area contributed by atoms with Crippen LogP contribution in [0.1, 0.15) is 6.42 Å². The number of rotatable bonds is 4. The zero-order valence-corrected chi connectivity index (χ0v) is 12.6. The molecule has 1 fully saturated rings. The van der Waals surface area contributed by atoms with Crippen molar-refractivity contribution in [1.29, 1.82) is 0 Å². The van der Waals surface area contributed by atoms with E-state index in [1.807, 2.05) is 0 Å². The van der Waals surface area contributed by atoms with E-state index in [-0.39, 0.29) is 19.0 Å². The largest absolute Gasteiger partial charge is 0.480 e. The fraction of sp³-hybridized carbons (Fsp3) is 0.385. The van der Waals surface area contributed by atoms with Crippen molar-refractivity contribution in [2.75, 3.05) is 25.0 Å². The van der Waals surface area contributed by atoms with Gasteiger partial charge in [0.2, 0.25) is 5.91 Å². The van der Waals surface area contributed by atoms with Crippen molar-refractivity contribution < 1.29 is 14.7 Å². The molecule has 1 atom stereocenters. The zero-order chi connectivity index (χ0) is 15.6. The highest BCUT2D eigenvalue weighted by Gasteiger charge is 2.41. The summed E-state index contributed by atoms with van der Waals surface area (Å²) in [6, 6.07) is 4.78. The number of nitrogens with two attached hydrogens (primary N) is 1. The van der Waals surface area contributed by atoms with E-state index in [0.717, 1.165) is 0 Å². The van der Waals surface area contributed by atoms with Gasteiger partial charge in [0.05, 0.1) is 16.6 Å². The molecule has 0 aromatic heterocycles. The quantitative estimate of drug-likeness (QED) is 0.775. The lowest BCUT2D eigenvalue weighted by Crippen LogP contribution is -2.50. The number of carbonyl (C=O) groups excluding carboxylic acids is 1. The highest BCUT2D eigenvalue weighted by Crippen LogP contribution is 2.25. The van der Waals surface area contributed by atoms with E-state index in [1.54, 1.807) is 23.1 Å². The maximum absolute atomic E-state index is 11.9. The summed E-state index contributed by atoms with van der Waals surface area (Å²) in [7, 11) is 0. The molecule has 2 rings (SSSR count). The number of amides is 1. The van der Waals surface area contributed by atoms with Crippen molar-refractivity contribution in [3.8, 4) is 0 Å². The van der Waals surface area contributed by atoms with Gasteiger partial charge in [-0.25, -0.2) is 0 Å². The van der Waals surface area contributed by atoms with Gasteiger partial charge in [0.25, 0.3) is 0 Å². The van der Waals surface area contributed by atoms with Crippen LogP contribution in [0.4, 0.5) is 5.69 Å². The van der Waals surface area contributed by atoms with E-state index in [2.05, 4.69) is 5.32 Å². The average Bonchev–Trinajstić information content (AvgIpc) is 2.77. The Balaban J connectivity index is 1.91. The Labute approximate surface area is 131 Å². The van der Waals surface area contributed by atoms with Gasteiger partial charge in [0, 0.05) is 18.8 Å². The highest BCUT2D eigenvalue weighted by atomic mass is 35.5. The minimum absolute atomic E-state index is 0.0759. The van der Waals surface area contributed by atoms with Gasteiger partial charge in [0.15, 0.2) is 0 Å². The summed E-state index contributed by atoms with van der Waals surface area (Å²) in [6.07, 6.45) is 0.322. The predicted octanol–water partition coefficient (Wildman–Crippen LogP) is 1.42. The number of carbonyl (C=O) groups is 2. The number of likely N-dealkylation sites (tertiary alicyclic amines) is 1. The van der Waals surface area contributed by atoms with Crippen LogP contribution in [0.2, 0.25) is 10.0 Å². The SMILES string of the molecule is NC1(C(=O)O)CCN(CC(=O)Nc2ccc(Cl)c(Cl)c2)C1. The van der Waals surface area contributed by atoms with Crippen molar-refractivity contribution in [2.24, 2.45) is 5.73 Å². The molecule has 21 heavy (non-hydrogen) atoms. The Hall–Kier alpha value is -1.34. The minimum Gasteiger partial charge on any atom is -0.480 e. The van der Waals surface area contributed by atoms with Crippen LogP contribution in [0.5, 0.6) is 0 Å². The molecule has 1 saturated heterocycles. The molecule has 4 N–H and O–H groups in total. The van der Waals surface area contributed by atoms with E-state index in [0.29, 0.717) is 28.7 Å². The second-order valence-electron chi connectivity index (χ2n) is 5.10. The number of carboxylic acid groups (broad SMARTS) is 1. The number of benzene rings is 1. The molecule has 1 aromatic carbocycles. The van der Waals surface area contributed by atoms with E-state index in [4.69, 9.17) is 34.0 Å². The summed E-state index contributed by atoms with van der Waals surface area (Å²) >= 11 is 11.7. The number of halogens is 2. The summed E-state index contributed by atoms with van der Waals surface area (Å²) in [5.41, 5.74) is 5.01. The lowest BCUT2D eigenvalue weighted by Gasteiger charge is -2.19. The van der Waals surface area contributed by atoms with Crippen LogP contribution in [-0.2, 0) is 9.59 Å². The van der Waals surface area contributed by atoms with Crippen LogP contribution in [-0.4, -0.2) is 47.1 Å². The number of nitrogens with one attached hydrogen (secondary N) is 1. The number of carboxylic acids is 1. The van der Waals surface area contributed by atoms with E-state index >= 15 is 0 Å². The number of hydrogen-bond acceptors (Lipinski definition) is 4. The van der Waals surface area contributed by atoms with E-state index in [1.165, 1.54) is 0 Å². The molecular weight excluding hydrogens is 317 g/mol. The van der Waals surface area contributed by atoms with Crippen molar-refractivity contribution in [2.45, 2.75) is 12.0 Å². The third kappa shape index (κ3) is 3.85. The van der Waals surface area contributed by atoms with Gasteiger partial charge in [-0.1, -0.05) is 23.2 Å². The molecule has 114 valence electrons. The Morgan fingerprint density at radius 2 is 2.10 bits per heavy atom. The van der Waals surface area contributed by atoms with Gasteiger partial charge < -0.3 is 16.2 Å². The van der Waals surface area contributed by atoms with Crippen LogP contribution in [0, 0.1) is 0 Å². The van der Waals surface area contributed by atoms with Crippen LogP contribution < -0.4 is 11.1 Å². The fourth-order valence-corrected chi connectivity index (χ4v) is 2.50. The zero-order valence-electron chi connectivity index (χ0n) is 11.1. The monoisotopic (exact) mass is 331 g/mol. The molecule has 0 saturated carbocycles. The first-order valence-corrected chi connectivity index (χ1v) is 7.05. The molecule has 8 heteroatoms. The van der Waals surface area contributed by atoms with Crippen LogP contribution in [0.15, 0.2) is 18.2 Å². The average molecular weight is 332 g/mol. The normalized spacial score (nSPS) is 22.2. The van der Waals surface area contributed by atoms with Gasteiger partial charge >= 0.3 is 5.97 Å².